The molecule has 21 heteroatoms. The molecule has 0 spiro atoms. The van der Waals surface area contributed by atoms with Crippen molar-refractivity contribution in [1.29, 1.82) is 0 Å². The largest absolute Gasteiger partial charge is 1.00 e. The van der Waals surface area contributed by atoms with Crippen molar-refractivity contribution in [2.45, 2.75) is 80.9 Å². The van der Waals surface area contributed by atoms with Crippen LogP contribution in [0, 0.1) is 0 Å². The van der Waals surface area contributed by atoms with Crippen molar-refractivity contribution < 1.29 is 212 Å². The fraction of sp³-hybridized carbons (Fsp3) is 0.417. The van der Waals surface area contributed by atoms with Gasteiger partial charge in [-0.25, -0.2) is 25.3 Å². The molecule has 4 rings (SSSR count). The maximum absolute atomic E-state index is 11.8. The molecule has 0 bridgehead atoms. The third-order valence-corrected chi connectivity index (χ3v) is 12.4. The molecule has 0 fully saturated rings. The van der Waals surface area contributed by atoms with Gasteiger partial charge < -0.3 is 23.8 Å². The van der Waals surface area contributed by atoms with Crippen molar-refractivity contribution in [2.75, 3.05) is 29.5 Å². The van der Waals surface area contributed by atoms with E-state index in [1.807, 2.05) is 88.1 Å². The Bertz CT molecular complexity index is 2240. The van der Waals surface area contributed by atoms with E-state index in [0.29, 0.717) is 42.1 Å². The zero-order valence-electron chi connectivity index (χ0n) is 33.5. The minimum Gasteiger partial charge on any atom is -0.748 e. The van der Waals surface area contributed by atoms with Crippen molar-refractivity contribution in [2.24, 2.45) is 0 Å². The maximum atomic E-state index is 11.8. The van der Waals surface area contributed by atoms with Crippen LogP contribution in [-0.2, 0) is 50.6 Å². The Morgan fingerprint density at radius 3 is 2.05 bits per heavy atom. The molecule has 0 aromatic heterocycles. The minimum absolute atomic E-state index is 0. The third-order valence-electron chi connectivity index (χ3n) is 9.45. The van der Waals surface area contributed by atoms with E-state index in [4.69, 9.17) is 0 Å². The summed E-state index contributed by atoms with van der Waals surface area (Å²) in [5.41, 5.74) is 4.49. The van der Waals surface area contributed by atoms with E-state index in [2.05, 4.69) is 13.9 Å². The molecule has 0 N–H and O–H groups in total. The summed E-state index contributed by atoms with van der Waals surface area (Å²) in [6.45, 7) is 10.6. The van der Waals surface area contributed by atoms with Crippen LogP contribution in [0.15, 0.2) is 93.9 Å². The molecule has 0 amide bonds. The molecule has 2 aromatic rings. The van der Waals surface area contributed by atoms with Crippen LogP contribution in [0.1, 0.15) is 71.4 Å². The van der Waals surface area contributed by atoms with Crippen LogP contribution < -0.4 is 164 Å². The van der Waals surface area contributed by atoms with Gasteiger partial charge >= 0.3 is 154 Å². The van der Waals surface area contributed by atoms with Gasteiger partial charge in [0.25, 0.3) is 0 Å². The molecule has 0 saturated heterocycles. The molecule has 0 radical (unpaired) electrons. The van der Waals surface area contributed by atoms with E-state index in [0.717, 1.165) is 40.3 Å². The normalized spacial score (nSPS) is 17.1. The van der Waals surface area contributed by atoms with Crippen molar-refractivity contribution in [3.8, 4) is 0 Å². The van der Waals surface area contributed by atoms with Gasteiger partial charge in [0.1, 0.15) is 16.7 Å². The summed E-state index contributed by atoms with van der Waals surface area (Å²) in [6.07, 6.45) is 12.5. The first-order valence-electron chi connectivity index (χ1n) is 17.0. The van der Waals surface area contributed by atoms with E-state index in [-0.39, 0.29) is 172 Å². The smallest absolute Gasteiger partial charge is 0.748 e. The Kier molecular flexibility index (Phi) is 24.0. The van der Waals surface area contributed by atoms with E-state index in [9.17, 15) is 44.2 Å². The summed E-state index contributed by atoms with van der Waals surface area (Å²) in [6, 6.07) is 9.74. The van der Waals surface area contributed by atoms with Gasteiger partial charge in [0, 0.05) is 63.9 Å². The van der Waals surface area contributed by atoms with Crippen LogP contribution >= 0.6 is 12.0 Å². The number of rotatable bonds is 18. The van der Waals surface area contributed by atoms with Crippen molar-refractivity contribution in [3.05, 3.63) is 95.3 Å². The first kappa shape index (κ1) is 56.8. The number of benzene rings is 2. The number of allylic oxidation sites excluding steroid dienone is 8. The van der Waals surface area contributed by atoms with Crippen molar-refractivity contribution in [1.82, 2.24) is 0 Å². The van der Waals surface area contributed by atoms with Crippen LogP contribution in [0.2, 0.25) is 0 Å². The molecule has 57 heavy (non-hydrogen) atoms. The topological polar surface area (TPSA) is 219 Å². The molecular weight excluding hydrogens is 898 g/mol. The molecule has 2 aromatic carbocycles. The Labute approximate surface area is 468 Å². The summed E-state index contributed by atoms with van der Waals surface area (Å²) in [7, 11) is -13.4. The van der Waals surface area contributed by atoms with Gasteiger partial charge in [0.15, 0.2) is 5.71 Å². The summed E-state index contributed by atoms with van der Waals surface area (Å²) in [5, 5.41) is 13.9. The van der Waals surface area contributed by atoms with Crippen LogP contribution in [-0.4, -0.2) is 73.8 Å². The first-order chi connectivity index (χ1) is 25.1. The molecule has 0 aliphatic carbocycles. The summed E-state index contributed by atoms with van der Waals surface area (Å²) < 4.78 is 109. The Hall–Kier alpha value is 1.74. The second-order valence-electron chi connectivity index (χ2n) is 14.1. The molecule has 2 aliphatic heterocycles. The van der Waals surface area contributed by atoms with E-state index >= 15 is 0 Å². The number of nitrogens with zero attached hydrogens (tertiary/aromatic N) is 2. The predicted octanol–water partition coefficient (Wildman–Crippen LogP) is -4.40. The molecule has 0 unspecified atom stereocenters. The predicted molar refractivity (Wildman–Crippen MR) is 200 cm³/mol. The molecule has 296 valence electrons. The third kappa shape index (κ3) is 16.0. The maximum Gasteiger partial charge on any atom is 1.00 e. The molecule has 0 saturated carbocycles. The SMILES string of the molecule is CC(C=C/C=C1/N(CCCCS(=O)(=O)[O-])c2ccc(S(=O)(=O)[O-])cc2C1(C)C)=CC=CC1=[N+](CCCCS(=O)(=O)[O-])c2ccc(SOO[O-])cc2C1(C)C.[K+].[K+].[K+]. The van der Waals surface area contributed by atoms with Gasteiger partial charge in [-0.1, -0.05) is 43.7 Å². The average Bonchev–Trinajstić information content (AvgIpc) is 3.40. The van der Waals surface area contributed by atoms with Gasteiger partial charge in [-0.3, -0.25) is 5.04 Å². The number of hydrogen-bond donors (Lipinski definition) is 0. The molecular formula is C36H43K3N2O12S4. The summed E-state index contributed by atoms with van der Waals surface area (Å²) in [4.78, 5) is 2.24. The van der Waals surface area contributed by atoms with Gasteiger partial charge in [-0.2, -0.15) is 8.91 Å². The van der Waals surface area contributed by atoms with E-state index in [1.165, 1.54) is 12.1 Å². The second-order valence-corrected chi connectivity index (χ2v) is 19.3. The fourth-order valence-corrected chi connectivity index (χ4v) is 8.79. The quantitative estimate of drug-likeness (QED) is 0.0202. The van der Waals surface area contributed by atoms with Gasteiger partial charge in [-0.15, -0.1) is 0 Å². The Morgan fingerprint density at radius 2 is 1.46 bits per heavy atom. The standard InChI is InChI=1S/C36H46N2O12S4.3K/c1-26(12-10-14-33-35(2,3)29-24-27(51-50-49-39)16-18-31(29)37(33)20-6-8-22-52(40,41)42)13-11-15-34-36(4,5)30-25-28(54(46,47)48)17-19-32(30)38(34)21-7-9-23-53(43,44)45;;;/h10-19,24-25H,6-9,20-23H2,1-5H3,(H3-,39,40,41,42,43,44,45,46,47,48);;;/q;3*+1/p-3. The molecule has 2 heterocycles. The number of unbranched alkanes of at least 4 members (excludes halogenated alkanes) is 2. The summed E-state index contributed by atoms with van der Waals surface area (Å²) in [5.74, 6) is -0.954. The van der Waals surface area contributed by atoms with Crippen molar-refractivity contribution >= 4 is 59.5 Å². The zero-order valence-corrected chi connectivity index (χ0v) is 46.1. The van der Waals surface area contributed by atoms with Gasteiger partial charge in [0.05, 0.1) is 42.6 Å². The van der Waals surface area contributed by atoms with Crippen LogP contribution in [0.4, 0.5) is 11.4 Å². The van der Waals surface area contributed by atoms with Crippen molar-refractivity contribution in [3.63, 3.8) is 0 Å². The van der Waals surface area contributed by atoms with Crippen LogP contribution in [0.3, 0.4) is 0 Å². The fourth-order valence-electron chi connectivity index (χ4n) is 6.79. The average molecular weight is 941 g/mol. The van der Waals surface area contributed by atoms with E-state index < -0.39 is 52.7 Å². The molecule has 14 nitrogen and oxygen atoms in total. The number of hydrogen-bond acceptors (Lipinski definition) is 14. The first-order valence-corrected chi connectivity index (χ1v) is 22.3. The Morgan fingerprint density at radius 1 is 0.825 bits per heavy atom. The zero-order chi connectivity index (χ0) is 40.1. The Balaban J connectivity index is 0.00000541. The van der Waals surface area contributed by atoms with Crippen LogP contribution in [0.5, 0.6) is 0 Å². The number of anilines is 1. The second kappa shape index (κ2) is 24.1. The molecule has 2 aliphatic rings. The summed E-state index contributed by atoms with van der Waals surface area (Å²) >= 11 is 0.779. The van der Waals surface area contributed by atoms with E-state index in [1.54, 1.807) is 12.1 Å². The van der Waals surface area contributed by atoms with Gasteiger partial charge in [0.2, 0.25) is 5.69 Å². The minimum atomic E-state index is -4.71. The molecule has 0 atom stereocenters. The van der Waals surface area contributed by atoms with Gasteiger partial charge in [-0.05, 0) is 82.0 Å². The number of fused-ring (bicyclic) bond motifs is 2. The van der Waals surface area contributed by atoms with Crippen LogP contribution in [0.25, 0.3) is 0 Å². The monoisotopic (exact) mass is 940 g/mol.